The molecule has 0 aliphatic carbocycles. The van der Waals surface area contributed by atoms with Crippen LogP contribution >= 0.6 is 11.8 Å². The molecule has 2 N–H and O–H groups in total. The summed E-state index contributed by atoms with van der Waals surface area (Å²) in [7, 11) is 0. The van der Waals surface area contributed by atoms with E-state index in [0.29, 0.717) is 11.5 Å². The highest BCUT2D eigenvalue weighted by atomic mass is 32.2. The van der Waals surface area contributed by atoms with Crippen molar-refractivity contribution in [3.8, 4) is 11.5 Å². The molecule has 2 rings (SSSR count). The first-order valence-corrected chi connectivity index (χ1v) is 10.1. The van der Waals surface area contributed by atoms with Crippen LogP contribution in [0.5, 0.6) is 11.5 Å². The summed E-state index contributed by atoms with van der Waals surface area (Å²) in [4.78, 5) is 2.33. The van der Waals surface area contributed by atoms with E-state index >= 15 is 0 Å². The van der Waals surface area contributed by atoms with Gasteiger partial charge in [-0.3, -0.25) is 0 Å². The second-order valence-electron chi connectivity index (χ2n) is 6.80. The maximum Gasteiger partial charge on any atom is 0.121 e. The number of phenols is 2. The van der Waals surface area contributed by atoms with Crippen LogP contribution in [0, 0.1) is 13.8 Å². The normalized spacial score (nSPS) is 11.0. The van der Waals surface area contributed by atoms with Crippen LogP contribution in [0.4, 0.5) is 0 Å². The van der Waals surface area contributed by atoms with Crippen molar-refractivity contribution in [2.75, 3.05) is 0 Å². The maximum atomic E-state index is 10.3. The van der Waals surface area contributed by atoms with Crippen molar-refractivity contribution in [2.24, 2.45) is 0 Å². The van der Waals surface area contributed by atoms with E-state index in [4.69, 9.17) is 0 Å². The smallest absolute Gasteiger partial charge is 0.121 e. The van der Waals surface area contributed by atoms with E-state index in [1.54, 1.807) is 11.8 Å². The fourth-order valence-corrected chi connectivity index (χ4v) is 4.06. The average molecular weight is 359 g/mol. The zero-order chi connectivity index (χ0) is 18.4. The number of rotatable bonds is 8. The van der Waals surface area contributed by atoms with Gasteiger partial charge in [-0.05, 0) is 86.1 Å². The van der Waals surface area contributed by atoms with Crippen LogP contribution in [0.15, 0.2) is 34.1 Å². The molecule has 2 aromatic rings. The summed E-state index contributed by atoms with van der Waals surface area (Å²) < 4.78 is 0. The molecule has 0 fully saturated rings. The van der Waals surface area contributed by atoms with Crippen LogP contribution in [0.25, 0.3) is 0 Å². The zero-order valence-corrected chi connectivity index (χ0v) is 16.7. The molecule has 0 spiro atoms. The highest BCUT2D eigenvalue weighted by Gasteiger charge is 2.11. The largest absolute Gasteiger partial charge is 0.508 e. The summed E-state index contributed by atoms with van der Waals surface area (Å²) in [5, 5.41) is 20.5. The van der Waals surface area contributed by atoms with E-state index in [0.717, 1.165) is 65.7 Å². The van der Waals surface area contributed by atoms with E-state index in [2.05, 4.69) is 26.0 Å². The van der Waals surface area contributed by atoms with Crippen molar-refractivity contribution in [1.29, 1.82) is 0 Å². The minimum Gasteiger partial charge on any atom is -0.508 e. The Morgan fingerprint density at radius 2 is 1.44 bits per heavy atom. The van der Waals surface area contributed by atoms with E-state index in [1.165, 1.54) is 4.90 Å². The quantitative estimate of drug-likeness (QED) is 0.562. The van der Waals surface area contributed by atoms with Gasteiger partial charge in [-0.1, -0.05) is 38.5 Å². The van der Waals surface area contributed by atoms with Crippen LogP contribution in [0.1, 0.15) is 61.8 Å². The molecule has 0 aliphatic rings. The van der Waals surface area contributed by atoms with Gasteiger partial charge in [0, 0.05) is 9.79 Å². The van der Waals surface area contributed by atoms with E-state index in [-0.39, 0.29) is 0 Å². The lowest BCUT2D eigenvalue weighted by Crippen LogP contribution is -1.92. The molecular formula is C22H30O2S. The first kappa shape index (κ1) is 19.7. The summed E-state index contributed by atoms with van der Waals surface area (Å²) >= 11 is 1.72. The SMILES string of the molecule is CCCCc1cc(Sc2cc(C)c(O)c(CCCC)c2)c(C)cc1O. The molecular weight excluding hydrogens is 328 g/mol. The van der Waals surface area contributed by atoms with Gasteiger partial charge in [0.1, 0.15) is 11.5 Å². The lowest BCUT2D eigenvalue weighted by Gasteiger charge is -2.13. The fourth-order valence-electron chi connectivity index (χ4n) is 2.95. The molecule has 2 aromatic carbocycles. The maximum absolute atomic E-state index is 10.3. The fraction of sp³-hybridized carbons (Fsp3) is 0.455. The summed E-state index contributed by atoms with van der Waals surface area (Å²) in [6.45, 7) is 8.33. The predicted octanol–water partition coefficient (Wildman–Crippen LogP) is 6.55. The van der Waals surface area contributed by atoms with Gasteiger partial charge < -0.3 is 10.2 Å². The molecule has 0 atom stereocenters. The van der Waals surface area contributed by atoms with Crippen molar-refractivity contribution in [3.05, 3.63) is 46.5 Å². The molecule has 0 saturated heterocycles. The molecule has 0 aromatic heterocycles. The molecule has 136 valence electrons. The van der Waals surface area contributed by atoms with E-state index in [9.17, 15) is 10.2 Å². The summed E-state index contributed by atoms with van der Waals surface area (Å²) in [6.07, 6.45) is 6.22. The second-order valence-corrected chi connectivity index (χ2v) is 7.92. The van der Waals surface area contributed by atoms with Gasteiger partial charge in [-0.25, -0.2) is 0 Å². The molecule has 25 heavy (non-hydrogen) atoms. The third-order valence-corrected chi connectivity index (χ3v) is 5.69. The van der Waals surface area contributed by atoms with Crippen molar-refractivity contribution in [1.82, 2.24) is 0 Å². The predicted molar refractivity (Wildman–Crippen MR) is 107 cm³/mol. The number of aromatic hydroxyl groups is 2. The van der Waals surface area contributed by atoms with Gasteiger partial charge in [0.15, 0.2) is 0 Å². The molecule has 0 radical (unpaired) electrons. The Bertz CT molecular complexity index is 722. The Balaban J connectivity index is 2.31. The van der Waals surface area contributed by atoms with E-state index < -0.39 is 0 Å². The van der Waals surface area contributed by atoms with Crippen LogP contribution in [0.3, 0.4) is 0 Å². The first-order valence-electron chi connectivity index (χ1n) is 9.29. The number of phenolic OH excluding ortho intramolecular Hbond substituents is 2. The van der Waals surface area contributed by atoms with Crippen LogP contribution in [-0.2, 0) is 12.8 Å². The topological polar surface area (TPSA) is 40.5 Å². The van der Waals surface area contributed by atoms with Gasteiger partial charge in [0.2, 0.25) is 0 Å². The minimum absolute atomic E-state index is 0.404. The molecule has 0 aliphatic heterocycles. The van der Waals surface area contributed by atoms with Gasteiger partial charge >= 0.3 is 0 Å². The number of aryl methyl sites for hydroxylation is 4. The monoisotopic (exact) mass is 358 g/mol. The van der Waals surface area contributed by atoms with Crippen LogP contribution in [-0.4, -0.2) is 10.2 Å². The van der Waals surface area contributed by atoms with Crippen molar-refractivity contribution in [3.63, 3.8) is 0 Å². The lowest BCUT2D eigenvalue weighted by atomic mass is 10.0. The van der Waals surface area contributed by atoms with Gasteiger partial charge in [-0.2, -0.15) is 0 Å². The third kappa shape index (κ3) is 5.18. The zero-order valence-electron chi connectivity index (χ0n) is 15.9. The van der Waals surface area contributed by atoms with Crippen LogP contribution < -0.4 is 0 Å². The molecule has 2 nitrogen and oxygen atoms in total. The number of unbranched alkanes of at least 4 members (excludes halogenated alkanes) is 2. The number of hydrogen-bond donors (Lipinski definition) is 2. The van der Waals surface area contributed by atoms with Crippen molar-refractivity contribution in [2.45, 2.75) is 76.0 Å². The lowest BCUT2D eigenvalue weighted by molar-refractivity contribution is 0.462. The summed E-state index contributed by atoms with van der Waals surface area (Å²) in [5.74, 6) is 0.838. The van der Waals surface area contributed by atoms with E-state index in [1.807, 2.05) is 26.0 Å². The number of benzene rings is 2. The summed E-state index contributed by atoms with van der Waals surface area (Å²) in [5.41, 5.74) is 4.07. The Hall–Kier alpha value is -1.61. The molecule has 0 bridgehead atoms. The summed E-state index contributed by atoms with van der Waals surface area (Å²) in [6, 6.07) is 8.16. The second kappa shape index (κ2) is 9.19. The highest BCUT2D eigenvalue weighted by Crippen LogP contribution is 2.37. The minimum atomic E-state index is 0.404. The van der Waals surface area contributed by atoms with Crippen molar-refractivity contribution >= 4 is 11.8 Å². The highest BCUT2D eigenvalue weighted by molar-refractivity contribution is 7.99. The molecule has 0 unspecified atom stereocenters. The Morgan fingerprint density at radius 1 is 0.800 bits per heavy atom. The third-order valence-electron chi connectivity index (χ3n) is 4.56. The van der Waals surface area contributed by atoms with Gasteiger partial charge in [0.25, 0.3) is 0 Å². The molecule has 0 saturated carbocycles. The first-order chi connectivity index (χ1) is 12.0. The van der Waals surface area contributed by atoms with Gasteiger partial charge in [0.05, 0.1) is 0 Å². The standard InChI is InChI=1S/C22H30O2S/c1-5-7-9-17-14-21(15(3)12-20(17)23)25-19-11-16(4)22(24)18(13-19)10-8-6-2/h11-14,23-24H,5-10H2,1-4H3. The molecule has 0 amide bonds. The Morgan fingerprint density at radius 3 is 2.08 bits per heavy atom. The Labute approximate surface area is 156 Å². The molecule has 3 heteroatoms. The van der Waals surface area contributed by atoms with Crippen molar-refractivity contribution < 1.29 is 10.2 Å². The average Bonchev–Trinajstić information content (AvgIpc) is 2.58. The molecule has 0 heterocycles. The Kier molecular flexibility index (Phi) is 7.24. The van der Waals surface area contributed by atoms with Crippen LogP contribution in [0.2, 0.25) is 0 Å². The van der Waals surface area contributed by atoms with Gasteiger partial charge in [-0.15, -0.1) is 0 Å². The number of hydrogen-bond acceptors (Lipinski definition) is 3.